The number of nitrogens with one attached hydrogen (secondary N) is 1. The van der Waals surface area contributed by atoms with Crippen molar-refractivity contribution < 1.29 is 4.74 Å². The second-order valence-corrected chi connectivity index (χ2v) is 4.96. The molecule has 0 aliphatic heterocycles. The fourth-order valence-corrected chi connectivity index (χ4v) is 2.37. The molecule has 3 N–H and O–H groups in total. The lowest BCUT2D eigenvalue weighted by atomic mass is 10.2. The number of ether oxygens (including phenoxy) is 1. The number of hydrogen-bond donors (Lipinski definition) is 2. The Morgan fingerprint density at radius 1 is 1.33 bits per heavy atom. The molecular weight excluding hydrogens is 329 g/mol. The molecule has 7 heteroatoms. The van der Waals surface area contributed by atoms with Crippen molar-refractivity contribution in [3.8, 4) is 5.75 Å². The number of rotatable bonds is 5. The summed E-state index contributed by atoms with van der Waals surface area (Å²) in [7, 11) is 3.54. The number of hydrogen-bond acceptors (Lipinski definition) is 4. The third kappa shape index (κ3) is 5.21. The zero-order valence-electron chi connectivity index (χ0n) is 11.8. The highest BCUT2D eigenvalue weighted by atomic mass is 35.5. The van der Waals surface area contributed by atoms with Crippen molar-refractivity contribution in [2.75, 3.05) is 14.2 Å². The molecular formula is C14H19Cl2N3OS. The largest absolute Gasteiger partial charge is 0.494 e. The molecule has 21 heavy (non-hydrogen) atoms. The number of halogens is 2. The van der Waals surface area contributed by atoms with Crippen LogP contribution in [0, 0.1) is 0 Å². The Balaban J connectivity index is 0.00000200. The number of benzene rings is 1. The minimum Gasteiger partial charge on any atom is -0.494 e. The van der Waals surface area contributed by atoms with Crippen LogP contribution in [-0.4, -0.2) is 20.0 Å². The molecule has 1 aromatic heterocycles. The minimum atomic E-state index is 0. The van der Waals surface area contributed by atoms with Crippen molar-refractivity contribution in [2.24, 2.45) is 10.7 Å². The number of thiophene rings is 1. The summed E-state index contributed by atoms with van der Waals surface area (Å²) in [5.41, 5.74) is 7.90. The maximum absolute atomic E-state index is 6.01. The topological polar surface area (TPSA) is 59.6 Å². The smallest absolute Gasteiger partial charge is 0.144 e. The number of amidine groups is 1. The molecule has 0 radical (unpaired) electrons. The molecule has 0 fully saturated rings. The highest BCUT2D eigenvalue weighted by Gasteiger charge is 2.06. The number of nitrogens with zero attached hydrogens (tertiary/aromatic N) is 1. The summed E-state index contributed by atoms with van der Waals surface area (Å²) in [4.78, 5) is 5.43. The van der Waals surface area contributed by atoms with Gasteiger partial charge in [-0.15, -0.1) is 36.2 Å². The van der Waals surface area contributed by atoms with E-state index >= 15 is 0 Å². The lowest BCUT2D eigenvalue weighted by Gasteiger charge is -2.08. The van der Waals surface area contributed by atoms with Gasteiger partial charge in [-0.25, -0.2) is 4.99 Å². The standard InChI is InChI=1S/C14H17N3OS.2ClH/c1-16-9-10-5-6-12(18-2)11(8-10)17-14(15)13-4-3-7-19-13;;/h3-8,16H,9H2,1-2H3,(H2,15,17);2*1H. The summed E-state index contributed by atoms with van der Waals surface area (Å²) in [6.07, 6.45) is 0. The van der Waals surface area contributed by atoms with Gasteiger partial charge in [0.05, 0.1) is 12.0 Å². The average molecular weight is 348 g/mol. The summed E-state index contributed by atoms with van der Waals surface area (Å²) < 4.78 is 5.32. The van der Waals surface area contributed by atoms with Crippen LogP contribution >= 0.6 is 36.2 Å². The van der Waals surface area contributed by atoms with E-state index < -0.39 is 0 Å². The van der Waals surface area contributed by atoms with Gasteiger partial charge in [0.1, 0.15) is 17.3 Å². The molecule has 0 aliphatic rings. The van der Waals surface area contributed by atoms with Gasteiger partial charge in [0.25, 0.3) is 0 Å². The SMILES string of the molecule is CNCc1ccc(OC)c(N=C(N)c2cccs2)c1.Cl.Cl. The van der Waals surface area contributed by atoms with Gasteiger partial charge in [-0.1, -0.05) is 12.1 Å². The molecule has 2 rings (SSSR count). The fourth-order valence-electron chi connectivity index (χ4n) is 1.75. The van der Waals surface area contributed by atoms with Crippen LogP contribution in [0.3, 0.4) is 0 Å². The van der Waals surface area contributed by atoms with Gasteiger partial charge >= 0.3 is 0 Å². The van der Waals surface area contributed by atoms with E-state index in [-0.39, 0.29) is 24.8 Å². The van der Waals surface area contributed by atoms with Crippen LogP contribution in [0.1, 0.15) is 10.4 Å². The van der Waals surface area contributed by atoms with E-state index in [1.807, 2.05) is 42.8 Å². The molecule has 4 nitrogen and oxygen atoms in total. The zero-order valence-corrected chi connectivity index (χ0v) is 14.3. The molecule has 0 unspecified atom stereocenters. The summed E-state index contributed by atoms with van der Waals surface area (Å²) in [6, 6.07) is 9.81. The molecule has 116 valence electrons. The highest BCUT2D eigenvalue weighted by Crippen LogP contribution is 2.29. The zero-order chi connectivity index (χ0) is 13.7. The number of aliphatic imine (C=N–C) groups is 1. The molecule has 0 bridgehead atoms. The third-order valence-corrected chi connectivity index (χ3v) is 3.53. The van der Waals surface area contributed by atoms with Crippen molar-refractivity contribution in [3.63, 3.8) is 0 Å². The lowest BCUT2D eigenvalue weighted by Crippen LogP contribution is -2.11. The van der Waals surface area contributed by atoms with Crippen LogP contribution in [0.5, 0.6) is 5.75 Å². The van der Waals surface area contributed by atoms with Gasteiger partial charge in [0.2, 0.25) is 0 Å². The lowest BCUT2D eigenvalue weighted by molar-refractivity contribution is 0.416. The van der Waals surface area contributed by atoms with Crippen LogP contribution in [0.25, 0.3) is 0 Å². The van der Waals surface area contributed by atoms with E-state index in [1.54, 1.807) is 18.4 Å². The van der Waals surface area contributed by atoms with Gasteiger partial charge in [0.15, 0.2) is 0 Å². The molecule has 1 heterocycles. The van der Waals surface area contributed by atoms with Crippen LogP contribution in [0.15, 0.2) is 40.7 Å². The second-order valence-electron chi connectivity index (χ2n) is 4.01. The van der Waals surface area contributed by atoms with Crippen LogP contribution < -0.4 is 15.8 Å². The average Bonchev–Trinajstić information content (AvgIpc) is 2.93. The van der Waals surface area contributed by atoms with Crippen LogP contribution in [-0.2, 0) is 6.54 Å². The van der Waals surface area contributed by atoms with E-state index in [9.17, 15) is 0 Å². The Morgan fingerprint density at radius 3 is 2.67 bits per heavy atom. The summed E-state index contributed by atoms with van der Waals surface area (Å²) >= 11 is 1.57. The third-order valence-electron chi connectivity index (χ3n) is 2.64. The van der Waals surface area contributed by atoms with Gasteiger partial charge in [-0.3, -0.25) is 0 Å². The van der Waals surface area contributed by atoms with Gasteiger partial charge in [0, 0.05) is 6.54 Å². The van der Waals surface area contributed by atoms with Crippen LogP contribution in [0.4, 0.5) is 5.69 Å². The molecule has 1 aromatic carbocycles. The Labute approximate surface area is 141 Å². The summed E-state index contributed by atoms with van der Waals surface area (Å²) in [5.74, 6) is 1.23. The van der Waals surface area contributed by atoms with Crippen molar-refractivity contribution in [2.45, 2.75) is 6.54 Å². The van der Waals surface area contributed by atoms with E-state index in [1.165, 1.54) is 0 Å². The highest BCUT2D eigenvalue weighted by molar-refractivity contribution is 7.12. The van der Waals surface area contributed by atoms with E-state index in [2.05, 4.69) is 10.3 Å². The summed E-state index contributed by atoms with van der Waals surface area (Å²) in [5, 5.41) is 5.09. The molecule has 0 saturated heterocycles. The first-order chi connectivity index (χ1) is 9.24. The Morgan fingerprint density at radius 2 is 2.10 bits per heavy atom. The number of methoxy groups -OCH3 is 1. The predicted octanol–water partition coefficient (Wildman–Crippen LogP) is 3.36. The molecule has 0 spiro atoms. The maximum atomic E-state index is 6.01. The Bertz CT molecular complexity index is 574. The molecule has 2 aromatic rings. The summed E-state index contributed by atoms with van der Waals surface area (Å²) in [6.45, 7) is 0.783. The second kappa shape index (κ2) is 9.63. The van der Waals surface area contributed by atoms with Crippen molar-refractivity contribution >= 4 is 47.7 Å². The monoisotopic (exact) mass is 347 g/mol. The molecule has 0 saturated carbocycles. The van der Waals surface area contributed by atoms with Gasteiger partial charge in [-0.05, 0) is 36.2 Å². The predicted molar refractivity (Wildman–Crippen MR) is 95.0 cm³/mol. The van der Waals surface area contributed by atoms with Crippen molar-refractivity contribution in [1.29, 1.82) is 0 Å². The van der Waals surface area contributed by atoms with E-state index in [0.29, 0.717) is 5.84 Å². The fraction of sp³-hybridized carbons (Fsp3) is 0.214. The van der Waals surface area contributed by atoms with E-state index in [4.69, 9.17) is 10.5 Å². The Kier molecular flexibility index (Phi) is 9.05. The first kappa shape index (κ1) is 19.7. The Hall–Kier alpha value is -1.27. The first-order valence-electron chi connectivity index (χ1n) is 5.94. The normalized spacial score (nSPS) is 10.5. The van der Waals surface area contributed by atoms with Gasteiger partial charge in [-0.2, -0.15) is 0 Å². The molecule has 0 aliphatic carbocycles. The van der Waals surface area contributed by atoms with Crippen molar-refractivity contribution in [3.05, 3.63) is 46.2 Å². The first-order valence-corrected chi connectivity index (χ1v) is 6.82. The molecule has 0 amide bonds. The number of nitrogens with two attached hydrogens (primary N) is 1. The van der Waals surface area contributed by atoms with E-state index in [0.717, 1.165) is 28.4 Å². The molecule has 0 atom stereocenters. The maximum Gasteiger partial charge on any atom is 0.144 e. The minimum absolute atomic E-state index is 0. The quantitative estimate of drug-likeness (QED) is 0.643. The van der Waals surface area contributed by atoms with Crippen molar-refractivity contribution in [1.82, 2.24) is 5.32 Å². The van der Waals surface area contributed by atoms with Crippen LogP contribution in [0.2, 0.25) is 0 Å². The van der Waals surface area contributed by atoms with Gasteiger partial charge < -0.3 is 15.8 Å².